The van der Waals surface area contributed by atoms with Crippen LogP contribution in [0, 0.1) is 0 Å². The van der Waals surface area contributed by atoms with Crippen molar-refractivity contribution in [1.82, 2.24) is 10.6 Å². The second-order valence-corrected chi connectivity index (χ2v) is 5.96. The van der Waals surface area contributed by atoms with E-state index in [9.17, 15) is 0 Å². The lowest BCUT2D eigenvalue weighted by Gasteiger charge is -2.27. The van der Waals surface area contributed by atoms with Crippen LogP contribution in [0.2, 0.25) is 0 Å². The van der Waals surface area contributed by atoms with Crippen molar-refractivity contribution in [3.05, 3.63) is 54.0 Å². The van der Waals surface area contributed by atoms with Gasteiger partial charge in [0.15, 0.2) is 5.96 Å². The summed E-state index contributed by atoms with van der Waals surface area (Å²) in [6.07, 6.45) is 6.51. The first-order chi connectivity index (χ1) is 11.8. The summed E-state index contributed by atoms with van der Waals surface area (Å²) < 4.78 is 11.4. The molecule has 3 rings (SSSR count). The number of hydrogen-bond donors (Lipinski definition) is 2. The Morgan fingerprint density at radius 2 is 2.08 bits per heavy atom. The Bertz CT molecular complexity index is 648. The van der Waals surface area contributed by atoms with Gasteiger partial charge in [-0.1, -0.05) is 18.2 Å². The van der Waals surface area contributed by atoms with Gasteiger partial charge >= 0.3 is 0 Å². The predicted octanol–water partition coefficient (Wildman–Crippen LogP) is 3.12. The Morgan fingerprint density at radius 1 is 1.21 bits per heavy atom. The van der Waals surface area contributed by atoms with Gasteiger partial charge in [0.1, 0.15) is 11.5 Å². The second kappa shape index (κ2) is 8.43. The van der Waals surface area contributed by atoms with Crippen molar-refractivity contribution in [3.63, 3.8) is 0 Å². The van der Waals surface area contributed by atoms with E-state index < -0.39 is 0 Å². The minimum absolute atomic E-state index is 0.386. The summed E-state index contributed by atoms with van der Waals surface area (Å²) in [6.45, 7) is 1.46. The third-order valence-electron chi connectivity index (χ3n) is 4.23. The average molecular weight is 327 g/mol. The summed E-state index contributed by atoms with van der Waals surface area (Å²) in [6, 6.07) is 12.1. The third kappa shape index (κ3) is 4.54. The van der Waals surface area contributed by atoms with E-state index in [4.69, 9.17) is 9.15 Å². The number of ether oxygens (including phenoxy) is 1. The molecule has 0 amide bonds. The maximum atomic E-state index is 6.06. The van der Waals surface area contributed by atoms with E-state index in [2.05, 4.69) is 21.7 Å². The van der Waals surface area contributed by atoms with Crippen LogP contribution in [0.5, 0.6) is 5.75 Å². The zero-order chi connectivity index (χ0) is 16.6. The first-order valence-electron chi connectivity index (χ1n) is 8.56. The number of nitrogens with one attached hydrogen (secondary N) is 2. The molecule has 1 aliphatic rings. The fourth-order valence-corrected chi connectivity index (χ4v) is 2.59. The number of para-hydroxylation sites is 1. The number of aliphatic imine (C=N–C) groups is 1. The first-order valence-corrected chi connectivity index (χ1v) is 8.56. The smallest absolute Gasteiger partial charge is 0.191 e. The molecule has 24 heavy (non-hydrogen) atoms. The number of guanidine groups is 1. The predicted molar refractivity (Wildman–Crippen MR) is 95.3 cm³/mol. The molecule has 0 unspecified atom stereocenters. The highest BCUT2D eigenvalue weighted by Crippen LogP contribution is 2.27. The molecule has 1 aliphatic carbocycles. The van der Waals surface area contributed by atoms with E-state index in [0.717, 1.165) is 48.8 Å². The number of rotatable bonds is 7. The van der Waals surface area contributed by atoms with E-state index in [1.165, 1.54) is 6.42 Å². The Kier molecular flexibility index (Phi) is 5.77. The molecule has 2 aromatic rings. The molecule has 128 valence electrons. The first kappa shape index (κ1) is 16.4. The lowest BCUT2D eigenvalue weighted by Crippen LogP contribution is -2.38. The maximum absolute atomic E-state index is 6.06. The van der Waals surface area contributed by atoms with Crippen LogP contribution in [0.25, 0.3) is 0 Å². The van der Waals surface area contributed by atoms with Crippen LogP contribution >= 0.6 is 0 Å². The van der Waals surface area contributed by atoms with Crippen molar-refractivity contribution >= 4 is 5.96 Å². The van der Waals surface area contributed by atoms with Crippen molar-refractivity contribution in [2.45, 2.75) is 38.3 Å². The van der Waals surface area contributed by atoms with E-state index >= 15 is 0 Å². The summed E-state index contributed by atoms with van der Waals surface area (Å²) in [5.41, 5.74) is 1.15. The molecule has 0 bridgehead atoms. The minimum Gasteiger partial charge on any atom is -0.490 e. The zero-order valence-electron chi connectivity index (χ0n) is 14.1. The molecule has 0 atom stereocenters. The summed E-state index contributed by atoms with van der Waals surface area (Å²) in [7, 11) is 1.78. The normalized spacial score (nSPS) is 15.0. The molecule has 5 heteroatoms. The zero-order valence-corrected chi connectivity index (χ0v) is 14.1. The van der Waals surface area contributed by atoms with E-state index in [1.807, 2.05) is 30.3 Å². The van der Waals surface area contributed by atoms with Gasteiger partial charge in [-0.25, -0.2) is 0 Å². The Balaban J connectivity index is 1.48. The Morgan fingerprint density at radius 3 is 2.79 bits per heavy atom. The molecule has 0 radical (unpaired) electrons. The standard InChI is InChI=1S/C19H25N3O2/c1-20-19(21-12-11-16-9-5-13-23-16)22-14-15-6-2-3-10-18(15)24-17-7-4-8-17/h2-3,5-6,9-10,13,17H,4,7-8,11-12,14H2,1H3,(H2,20,21,22). The summed E-state index contributed by atoms with van der Waals surface area (Å²) in [4.78, 5) is 4.26. The van der Waals surface area contributed by atoms with Gasteiger partial charge in [0.2, 0.25) is 0 Å². The van der Waals surface area contributed by atoms with Crippen LogP contribution in [0.3, 0.4) is 0 Å². The van der Waals surface area contributed by atoms with Gasteiger partial charge in [0.25, 0.3) is 0 Å². The fraction of sp³-hybridized carbons (Fsp3) is 0.421. The highest BCUT2D eigenvalue weighted by Gasteiger charge is 2.20. The Hall–Kier alpha value is -2.43. The minimum atomic E-state index is 0.386. The van der Waals surface area contributed by atoms with Crippen molar-refractivity contribution < 1.29 is 9.15 Å². The monoisotopic (exact) mass is 327 g/mol. The van der Waals surface area contributed by atoms with Crippen LogP contribution in [-0.4, -0.2) is 25.7 Å². The molecule has 1 heterocycles. The van der Waals surface area contributed by atoms with Crippen LogP contribution < -0.4 is 15.4 Å². The van der Waals surface area contributed by atoms with Crippen molar-refractivity contribution in [1.29, 1.82) is 0 Å². The van der Waals surface area contributed by atoms with Gasteiger partial charge in [-0.3, -0.25) is 4.99 Å². The average Bonchev–Trinajstić information content (AvgIpc) is 3.08. The van der Waals surface area contributed by atoms with Gasteiger partial charge < -0.3 is 19.8 Å². The van der Waals surface area contributed by atoms with E-state index in [0.29, 0.717) is 12.6 Å². The van der Waals surface area contributed by atoms with Crippen LogP contribution in [-0.2, 0) is 13.0 Å². The molecule has 0 aliphatic heterocycles. The SMILES string of the molecule is CN=C(NCCc1ccco1)NCc1ccccc1OC1CCC1. The molecular weight excluding hydrogens is 302 g/mol. The molecule has 0 saturated heterocycles. The molecule has 1 aromatic carbocycles. The molecule has 5 nitrogen and oxygen atoms in total. The molecule has 0 spiro atoms. The van der Waals surface area contributed by atoms with Crippen LogP contribution in [0.4, 0.5) is 0 Å². The lowest BCUT2D eigenvalue weighted by molar-refractivity contribution is 0.119. The number of hydrogen-bond acceptors (Lipinski definition) is 3. The second-order valence-electron chi connectivity index (χ2n) is 5.96. The quantitative estimate of drug-likeness (QED) is 0.606. The van der Waals surface area contributed by atoms with Gasteiger partial charge in [0.05, 0.1) is 12.4 Å². The molecular formula is C19H25N3O2. The highest BCUT2D eigenvalue weighted by atomic mass is 16.5. The summed E-state index contributed by atoms with van der Waals surface area (Å²) >= 11 is 0. The van der Waals surface area contributed by atoms with Crippen LogP contribution in [0.15, 0.2) is 52.1 Å². The molecule has 1 saturated carbocycles. The fourth-order valence-electron chi connectivity index (χ4n) is 2.59. The van der Waals surface area contributed by atoms with E-state index in [-0.39, 0.29) is 0 Å². The van der Waals surface area contributed by atoms with Crippen molar-refractivity contribution in [2.24, 2.45) is 4.99 Å². The molecule has 1 aromatic heterocycles. The Labute approximate surface area is 143 Å². The van der Waals surface area contributed by atoms with Crippen molar-refractivity contribution in [2.75, 3.05) is 13.6 Å². The lowest BCUT2D eigenvalue weighted by atomic mass is 9.96. The van der Waals surface area contributed by atoms with Gasteiger partial charge in [-0.2, -0.15) is 0 Å². The van der Waals surface area contributed by atoms with E-state index in [1.54, 1.807) is 13.3 Å². The highest BCUT2D eigenvalue weighted by molar-refractivity contribution is 5.79. The number of furan rings is 1. The largest absolute Gasteiger partial charge is 0.490 e. The van der Waals surface area contributed by atoms with Gasteiger partial charge in [-0.05, 0) is 37.5 Å². The maximum Gasteiger partial charge on any atom is 0.191 e. The summed E-state index contributed by atoms with van der Waals surface area (Å²) in [5.74, 6) is 2.72. The topological polar surface area (TPSA) is 58.8 Å². The third-order valence-corrected chi connectivity index (χ3v) is 4.23. The number of benzene rings is 1. The van der Waals surface area contributed by atoms with Crippen LogP contribution in [0.1, 0.15) is 30.6 Å². The number of nitrogens with zero attached hydrogens (tertiary/aromatic N) is 1. The van der Waals surface area contributed by atoms with Gasteiger partial charge in [-0.15, -0.1) is 0 Å². The molecule has 1 fully saturated rings. The van der Waals surface area contributed by atoms with Gasteiger partial charge in [0, 0.05) is 32.1 Å². The molecule has 2 N–H and O–H groups in total. The summed E-state index contributed by atoms with van der Waals surface area (Å²) in [5, 5.41) is 6.64. The van der Waals surface area contributed by atoms with Crippen molar-refractivity contribution in [3.8, 4) is 5.75 Å².